The van der Waals surface area contributed by atoms with Gasteiger partial charge in [0.1, 0.15) is 24.2 Å². The summed E-state index contributed by atoms with van der Waals surface area (Å²) in [7, 11) is 0. The molecule has 0 aromatic heterocycles. The fourth-order valence-electron chi connectivity index (χ4n) is 4.33. The van der Waals surface area contributed by atoms with Crippen LogP contribution in [0.5, 0.6) is 0 Å². The molecule has 0 saturated heterocycles. The molecule has 0 aliphatic heterocycles. The number of carboxylic acid groups (broad SMARTS) is 1. The predicted molar refractivity (Wildman–Crippen MR) is 185 cm³/mol. The van der Waals surface area contributed by atoms with E-state index in [-0.39, 0.29) is 17.7 Å². The molecule has 5 atom stereocenters. The van der Waals surface area contributed by atoms with E-state index in [1.54, 1.807) is 20.8 Å². The summed E-state index contributed by atoms with van der Waals surface area (Å²) in [5.41, 5.74) is 3.95. The molecule has 0 fully saturated rings. The Morgan fingerprint density at radius 2 is 1.26 bits per heavy atom. The highest BCUT2D eigenvalue weighted by Crippen LogP contribution is 2.14. The van der Waals surface area contributed by atoms with Crippen molar-refractivity contribution in [2.75, 3.05) is 18.1 Å². The zero-order chi connectivity index (χ0) is 35.4. The Labute approximate surface area is 279 Å². The van der Waals surface area contributed by atoms with Gasteiger partial charge in [0, 0.05) is 18.4 Å². The van der Waals surface area contributed by atoms with E-state index in [0.717, 1.165) is 25.7 Å². The van der Waals surface area contributed by atoms with Crippen LogP contribution in [0.2, 0.25) is 0 Å². The lowest BCUT2D eigenvalue weighted by Crippen LogP contribution is -2.60. The van der Waals surface area contributed by atoms with E-state index >= 15 is 0 Å². The molecule has 0 saturated carbocycles. The maximum absolute atomic E-state index is 13.4. The van der Waals surface area contributed by atoms with Gasteiger partial charge in [-0.2, -0.15) is 11.8 Å². The normalized spacial score (nSPS) is 15.2. The lowest BCUT2D eigenvalue weighted by atomic mass is 9.96. The summed E-state index contributed by atoms with van der Waals surface area (Å²) in [5, 5.41) is 28.8. The van der Waals surface area contributed by atoms with Gasteiger partial charge in [-0.3, -0.25) is 19.2 Å². The van der Waals surface area contributed by atoms with Gasteiger partial charge in [0.05, 0.1) is 6.61 Å². The van der Waals surface area contributed by atoms with Crippen LogP contribution in [0.3, 0.4) is 0 Å². The number of hydrogen-bond acceptors (Lipinski definition) is 7. The van der Waals surface area contributed by atoms with Gasteiger partial charge in [0.2, 0.25) is 23.6 Å². The van der Waals surface area contributed by atoms with Crippen LogP contribution in [-0.2, 0) is 24.0 Å². The van der Waals surface area contributed by atoms with E-state index < -0.39 is 54.5 Å². The van der Waals surface area contributed by atoms with Crippen LogP contribution >= 0.6 is 11.8 Å². The van der Waals surface area contributed by atoms with Crippen molar-refractivity contribution in [3.63, 3.8) is 0 Å². The van der Waals surface area contributed by atoms with Gasteiger partial charge in [0.15, 0.2) is 0 Å². The third-order valence-corrected chi connectivity index (χ3v) is 8.46. The largest absolute Gasteiger partial charge is 0.480 e. The average molecular weight is 667 g/mol. The van der Waals surface area contributed by atoms with E-state index in [1.807, 2.05) is 6.92 Å². The Bertz CT molecular complexity index is 1100. The molecule has 11 nitrogen and oxygen atoms in total. The minimum atomic E-state index is -1.52. The van der Waals surface area contributed by atoms with Gasteiger partial charge in [-0.1, -0.05) is 69.1 Å². The van der Waals surface area contributed by atoms with E-state index in [9.17, 15) is 34.2 Å². The van der Waals surface area contributed by atoms with Gasteiger partial charge in [0.25, 0.3) is 0 Å². The minimum Gasteiger partial charge on any atom is -0.480 e. The number of aliphatic hydroxyl groups is 1. The quantitative estimate of drug-likeness (QED) is 0.0746. The van der Waals surface area contributed by atoms with Gasteiger partial charge >= 0.3 is 5.97 Å². The van der Waals surface area contributed by atoms with Crippen molar-refractivity contribution in [2.24, 2.45) is 11.8 Å². The molecule has 0 radical (unpaired) electrons. The first-order chi connectivity index (χ1) is 21.5. The number of carbonyl (C=O) groups excluding carboxylic acids is 4. The summed E-state index contributed by atoms with van der Waals surface area (Å²) < 4.78 is 0. The Hall–Kier alpha value is -3.12. The molecule has 0 aliphatic rings. The molecule has 4 amide bonds. The minimum absolute atomic E-state index is 0.292. The van der Waals surface area contributed by atoms with E-state index in [2.05, 4.69) is 67.2 Å². The first-order valence-corrected chi connectivity index (χ1v) is 17.2. The second-order valence-electron chi connectivity index (χ2n) is 12.4. The van der Waals surface area contributed by atoms with Crippen LogP contribution < -0.4 is 21.3 Å². The zero-order valence-electron chi connectivity index (χ0n) is 29.2. The molecular weight excluding hydrogens is 608 g/mol. The van der Waals surface area contributed by atoms with E-state index in [4.69, 9.17) is 0 Å². The number of thioether (sulfide) groups is 1. The van der Waals surface area contributed by atoms with Crippen LogP contribution in [0.25, 0.3) is 0 Å². The number of amides is 4. The second kappa shape index (κ2) is 23.2. The van der Waals surface area contributed by atoms with Gasteiger partial charge in [-0.15, -0.1) is 0 Å². The van der Waals surface area contributed by atoms with Crippen LogP contribution in [-0.4, -0.2) is 82.1 Å². The van der Waals surface area contributed by atoms with Crippen molar-refractivity contribution in [3.05, 3.63) is 34.9 Å². The number of allylic oxidation sites excluding steroid dienone is 5. The number of rotatable bonds is 22. The van der Waals surface area contributed by atoms with Crippen molar-refractivity contribution in [1.29, 1.82) is 0 Å². The molecule has 0 heterocycles. The second-order valence-corrected chi connectivity index (χ2v) is 13.5. The molecule has 0 aromatic rings. The van der Waals surface area contributed by atoms with E-state index in [0.29, 0.717) is 17.9 Å². The maximum atomic E-state index is 13.4. The number of carboxylic acids is 1. The van der Waals surface area contributed by atoms with Crippen molar-refractivity contribution in [3.8, 4) is 0 Å². The number of hydrogen-bond donors (Lipinski definition) is 6. The van der Waals surface area contributed by atoms with Crippen LogP contribution in [0.15, 0.2) is 34.9 Å². The van der Waals surface area contributed by atoms with Crippen LogP contribution in [0, 0.1) is 11.8 Å². The fraction of sp³-hybridized carbons (Fsp3) is 0.676. The Morgan fingerprint density at radius 1 is 0.717 bits per heavy atom. The molecule has 6 N–H and O–H groups in total. The SMILES string of the molecule is CCC(C)C(NC(=O)C(NC(=O)C(CSCC=C(C)CCC=C(C)CCC=C(C)C)NC(C)=O)C(C)C)C(=O)NC(CO)C(=O)O. The zero-order valence-corrected chi connectivity index (χ0v) is 30.0. The monoisotopic (exact) mass is 666 g/mol. The van der Waals surface area contributed by atoms with Crippen molar-refractivity contribution in [2.45, 2.75) is 119 Å². The van der Waals surface area contributed by atoms with Crippen LogP contribution in [0.4, 0.5) is 0 Å². The third-order valence-electron chi connectivity index (χ3n) is 7.49. The number of nitrogens with one attached hydrogen (secondary N) is 4. The Morgan fingerprint density at radius 3 is 1.76 bits per heavy atom. The molecule has 0 bridgehead atoms. The Balaban J connectivity index is 5.36. The molecule has 0 aliphatic carbocycles. The lowest BCUT2D eigenvalue weighted by Gasteiger charge is -2.29. The average Bonchev–Trinajstić information content (AvgIpc) is 2.97. The first-order valence-electron chi connectivity index (χ1n) is 16.1. The molecular formula is C34H58N4O7S. The molecule has 0 rings (SSSR count). The summed E-state index contributed by atoms with van der Waals surface area (Å²) in [4.78, 5) is 62.7. The van der Waals surface area contributed by atoms with Gasteiger partial charge in [-0.05, 0) is 65.2 Å². The first kappa shape index (κ1) is 42.9. The van der Waals surface area contributed by atoms with Crippen molar-refractivity contribution in [1.82, 2.24) is 21.3 Å². The van der Waals surface area contributed by atoms with Gasteiger partial charge < -0.3 is 31.5 Å². The van der Waals surface area contributed by atoms with Gasteiger partial charge in [-0.25, -0.2) is 4.79 Å². The smallest absolute Gasteiger partial charge is 0.328 e. The lowest BCUT2D eigenvalue weighted by molar-refractivity contribution is -0.143. The standard InChI is InChI=1S/C34H58N4O7S/c1-10-25(8)30(33(43)36-27(19-39)34(44)45)38-32(42)29(22(4)5)37-31(41)28(35-26(9)40)20-46-18-17-24(7)16-12-15-23(6)14-11-13-21(2)3/h13,15,17,22,25,27-30,39H,10-12,14,16,18-20H2,1-9H3,(H,35,40)(H,36,43)(H,37,41)(H,38,42)(H,44,45). The molecule has 5 unspecified atom stereocenters. The third kappa shape index (κ3) is 18.1. The molecule has 12 heteroatoms. The predicted octanol–water partition coefficient (Wildman–Crippen LogP) is 3.88. The highest BCUT2D eigenvalue weighted by molar-refractivity contribution is 7.99. The number of aliphatic hydroxyl groups excluding tert-OH is 1. The highest BCUT2D eigenvalue weighted by Gasteiger charge is 2.34. The summed E-state index contributed by atoms with van der Waals surface area (Å²) in [5.74, 6) is -3.46. The van der Waals surface area contributed by atoms with Crippen molar-refractivity contribution >= 4 is 41.4 Å². The topological polar surface area (TPSA) is 174 Å². The summed E-state index contributed by atoms with van der Waals surface area (Å²) in [6.07, 6.45) is 11.2. The Kier molecular flexibility index (Phi) is 21.7. The maximum Gasteiger partial charge on any atom is 0.328 e. The number of carbonyl (C=O) groups is 5. The molecule has 262 valence electrons. The highest BCUT2D eigenvalue weighted by atomic mass is 32.2. The molecule has 46 heavy (non-hydrogen) atoms. The fourth-order valence-corrected chi connectivity index (χ4v) is 5.34. The van der Waals surface area contributed by atoms with Crippen LogP contribution in [0.1, 0.15) is 94.4 Å². The summed E-state index contributed by atoms with van der Waals surface area (Å²) in [6, 6.07) is -4.52. The summed E-state index contributed by atoms with van der Waals surface area (Å²) >= 11 is 1.49. The van der Waals surface area contributed by atoms with Crippen molar-refractivity contribution < 1.29 is 34.2 Å². The molecule has 0 spiro atoms. The number of aliphatic carboxylic acids is 1. The van der Waals surface area contributed by atoms with E-state index in [1.165, 1.54) is 35.4 Å². The summed E-state index contributed by atoms with van der Waals surface area (Å²) in [6.45, 7) is 16.0. The molecule has 0 aromatic carbocycles.